The van der Waals surface area contributed by atoms with Crippen molar-refractivity contribution in [1.82, 2.24) is 8.96 Å². The highest BCUT2D eigenvalue weighted by molar-refractivity contribution is 7.91. The zero-order valence-electron chi connectivity index (χ0n) is 23.5. The lowest BCUT2D eigenvalue weighted by Gasteiger charge is -2.27. The lowest BCUT2D eigenvalue weighted by molar-refractivity contribution is -0.136. The number of nitrogens with zero attached hydrogens (tertiary/aromatic N) is 3. The number of carboxylic acid groups (broad SMARTS) is 1. The van der Waals surface area contributed by atoms with Gasteiger partial charge in [0.15, 0.2) is 5.13 Å². The van der Waals surface area contributed by atoms with Crippen LogP contribution in [0.5, 0.6) is 0 Å². The minimum atomic E-state index is -3.69. The van der Waals surface area contributed by atoms with Crippen LogP contribution in [0.4, 0.5) is 5.13 Å². The summed E-state index contributed by atoms with van der Waals surface area (Å²) in [5.41, 5.74) is 3.49. The van der Waals surface area contributed by atoms with Gasteiger partial charge >= 0.3 is 5.97 Å². The van der Waals surface area contributed by atoms with Crippen LogP contribution >= 0.6 is 11.3 Å². The van der Waals surface area contributed by atoms with Gasteiger partial charge in [0.25, 0.3) is 0 Å². The van der Waals surface area contributed by atoms with E-state index in [2.05, 4.69) is 13.8 Å². The van der Waals surface area contributed by atoms with E-state index in [0.29, 0.717) is 30.9 Å². The van der Waals surface area contributed by atoms with Gasteiger partial charge in [-0.1, -0.05) is 74.5 Å². The molecule has 0 bridgehead atoms. The number of benzene rings is 2. The van der Waals surface area contributed by atoms with Crippen molar-refractivity contribution in [2.45, 2.75) is 51.3 Å². The molecule has 214 valence electrons. The van der Waals surface area contributed by atoms with Crippen molar-refractivity contribution in [2.75, 3.05) is 11.4 Å². The van der Waals surface area contributed by atoms with E-state index < -0.39 is 20.7 Å². The Morgan fingerprint density at radius 3 is 2.61 bits per heavy atom. The first-order valence-electron chi connectivity index (χ1n) is 13.8. The highest BCUT2D eigenvalue weighted by Crippen LogP contribution is 2.38. The van der Waals surface area contributed by atoms with Gasteiger partial charge < -0.3 is 10.0 Å². The molecular formula is C32H35N3O4S2. The van der Waals surface area contributed by atoms with Crippen molar-refractivity contribution < 1.29 is 18.3 Å². The Kier molecular flexibility index (Phi) is 8.20. The van der Waals surface area contributed by atoms with E-state index in [1.165, 1.54) is 3.97 Å². The van der Waals surface area contributed by atoms with E-state index in [-0.39, 0.29) is 6.42 Å². The molecule has 1 unspecified atom stereocenters. The summed E-state index contributed by atoms with van der Waals surface area (Å²) in [6.45, 7) is 6.99. The highest BCUT2D eigenvalue weighted by Gasteiger charge is 2.38. The molecule has 1 aliphatic carbocycles. The van der Waals surface area contributed by atoms with Crippen LogP contribution in [0.2, 0.25) is 0 Å². The van der Waals surface area contributed by atoms with Crippen LogP contribution in [-0.4, -0.2) is 39.7 Å². The van der Waals surface area contributed by atoms with Crippen LogP contribution in [-0.2, 0) is 27.8 Å². The average Bonchev–Trinajstić information content (AvgIpc) is 3.56. The summed E-state index contributed by atoms with van der Waals surface area (Å²) < 4.78 is 27.7. The van der Waals surface area contributed by atoms with Crippen molar-refractivity contribution in [3.63, 3.8) is 0 Å². The molecule has 1 atom stereocenters. The van der Waals surface area contributed by atoms with Gasteiger partial charge in [0.2, 0.25) is 10.0 Å². The minimum absolute atomic E-state index is 0.0130. The number of rotatable bonds is 11. The number of hydrogen-bond donors (Lipinski definition) is 1. The molecule has 0 amide bonds. The molecule has 2 heterocycles. The van der Waals surface area contributed by atoms with Crippen molar-refractivity contribution in [1.29, 1.82) is 0 Å². The van der Waals surface area contributed by atoms with Crippen LogP contribution in [0.25, 0.3) is 22.2 Å². The van der Waals surface area contributed by atoms with E-state index in [4.69, 9.17) is 4.98 Å². The average molecular weight is 590 g/mol. The second-order valence-corrected chi connectivity index (χ2v) is 14.4. The number of anilines is 1. The number of fused-ring (bicyclic) bond motifs is 1. The lowest BCUT2D eigenvalue weighted by Crippen LogP contribution is -2.37. The predicted molar refractivity (Wildman–Crippen MR) is 167 cm³/mol. The number of aliphatic carboxylic acids is 1. The Balaban J connectivity index is 1.53. The smallest absolute Gasteiger partial charge is 0.305 e. The Labute approximate surface area is 245 Å². The van der Waals surface area contributed by atoms with Crippen LogP contribution in [0.1, 0.15) is 44.1 Å². The molecule has 0 fully saturated rings. The standard InChI is InChI=1S/C32H35N3O4S2/c1-23(2)20-28-30(33-31(40-28)34(18-15-29(36)37)22-24-10-6-4-7-11-24)26-12-13-27-25(21-26)14-19-35(27)41(38,39)32(3)16-8-5-9-17-32/h4-14,16,19,21,23H,15,17-18,20,22H2,1-3H3,(H,36,37). The summed E-state index contributed by atoms with van der Waals surface area (Å²) in [6, 6.07) is 17.6. The number of carbonyl (C=O) groups is 1. The Morgan fingerprint density at radius 2 is 1.93 bits per heavy atom. The van der Waals surface area contributed by atoms with Crippen LogP contribution < -0.4 is 4.90 Å². The zero-order valence-corrected chi connectivity index (χ0v) is 25.2. The first-order chi connectivity index (χ1) is 19.6. The van der Waals surface area contributed by atoms with Crippen LogP contribution in [0, 0.1) is 5.92 Å². The van der Waals surface area contributed by atoms with Gasteiger partial charge in [-0.15, -0.1) is 11.3 Å². The molecule has 0 radical (unpaired) electrons. The van der Waals surface area contributed by atoms with Crippen molar-refractivity contribution in [3.8, 4) is 11.3 Å². The summed E-state index contributed by atoms with van der Waals surface area (Å²) >= 11 is 1.60. The normalized spacial score (nSPS) is 17.0. The Hall–Kier alpha value is -3.69. The Morgan fingerprint density at radius 1 is 1.15 bits per heavy atom. The third-order valence-electron chi connectivity index (χ3n) is 7.36. The Bertz CT molecular complexity index is 1720. The number of hydrogen-bond acceptors (Lipinski definition) is 6. The zero-order chi connectivity index (χ0) is 29.2. The summed E-state index contributed by atoms with van der Waals surface area (Å²) in [4.78, 5) is 19.7. The molecule has 7 nitrogen and oxygen atoms in total. The molecule has 41 heavy (non-hydrogen) atoms. The fraction of sp³-hybridized carbons (Fsp3) is 0.312. The largest absolute Gasteiger partial charge is 0.481 e. The molecular weight excluding hydrogens is 555 g/mol. The van der Waals surface area contributed by atoms with Crippen LogP contribution in [0.3, 0.4) is 0 Å². The molecule has 0 saturated carbocycles. The maximum absolute atomic E-state index is 13.7. The topological polar surface area (TPSA) is 92.5 Å². The van der Waals surface area contributed by atoms with E-state index in [1.807, 2.05) is 71.6 Å². The second kappa shape index (κ2) is 11.7. The lowest BCUT2D eigenvalue weighted by atomic mass is 10.0. The number of aromatic nitrogens is 2. The van der Waals surface area contributed by atoms with Gasteiger partial charge in [-0.3, -0.25) is 4.79 Å². The maximum atomic E-state index is 13.7. The van der Waals surface area contributed by atoms with Gasteiger partial charge in [-0.25, -0.2) is 17.4 Å². The fourth-order valence-corrected chi connectivity index (χ4v) is 8.06. The molecule has 0 spiro atoms. The van der Waals surface area contributed by atoms with Gasteiger partial charge in [0.1, 0.15) is 4.75 Å². The maximum Gasteiger partial charge on any atom is 0.305 e. The monoisotopic (exact) mass is 589 g/mol. The quantitative estimate of drug-likeness (QED) is 0.205. The molecule has 0 aliphatic heterocycles. The first kappa shape index (κ1) is 28.8. The first-order valence-corrected chi connectivity index (χ1v) is 16.0. The van der Waals surface area contributed by atoms with Gasteiger partial charge in [0, 0.05) is 35.1 Å². The SMILES string of the molecule is CC(C)Cc1sc(N(CCC(=O)O)Cc2ccccc2)nc1-c1ccc2c(ccn2S(=O)(=O)C2(C)C=CC=CC2)c1. The van der Waals surface area contributed by atoms with Crippen molar-refractivity contribution in [3.05, 3.63) is 95.5 Å². The molecule has 5 rings (SSSR count). The van der Waals surface area contributed by atoms with Gasteiger partial charge in [0.05, 0.1) is 17.6 Å². The van der Waals surface area contributed by atoms with E-state index in [9.17, 15) is 18.3 Å². The number of carboxylic acids is 1. The number of thiazole rings is 1. The molecule has 2 aromatic carbocycles. The molecule has 2 aromatic heterocycles. The predicted octanol–water partition coefficient (Wildman–Crippen LogP) is 6.90. The summed E-state index contributed by atoms with van der Waals surface area (Å²) in [7, 11) is -3.69. The molecule has 1 aliphatic rings. The van der Waals surface area contributed by atoms with Gasteiger partial charge in [-0.05, 0) is 49.4 Å². The van der Waals surface area contributed by atoms with E-state index in [1.54, 1.807) is 36.6 Å². The van der Waals surface area contributed by atoms with Crippen molar-refractivity contribution >= 4 is 43.4 Å². The molecule has 4 aromatic rings. The summed E-state index contributed by atoms with van der Waals surface area (Å²) in [5.74, 6) is -0.447. The summed E-state index contributed by atoms with van der Waals surface area (Å²) in [6.07, 6.45) is 10.2. The van der Waals surface area contributed by atoms with Crippen LogP contribution in [0.15, 0.2) is 85.1 Å². The third-order valence-corrected chi connectivity index (χ3v) is 10.8. The minimum Gasteiger partial charge on any atom is -0.481 e. The van der Waals surface area contributed by atoms with Crippen molar-refractivity contribution in [2.24, 2.45) is 5.92 Å². The summed E-state index contributed by atoms with van der Waals surface area (Å²) in [5, 5.41) is 11.0. The van der Waals surface area contributed by atoms with Gasteiger partial charge in [-0.2, -0.15) is 0 Å². The molecule has 0 saturated heterocycles. The van der Waals surface area contributed by atoms with E-state index in [0.717, 1.165) is 38.6 Å². The third kappa shape index (κ3) is 6.01. The second-order valence-electron chi connectivity index (χ2n) is 11.1. The van der Waals surface area contributed by atoms with E-state index >= 15 is 0 Å². The number of allylic oxidation sites excluding steroid dienone is 3. The highest BCUT2D eigenvalue weighted by atomic mass is 32.2. The molecule has 9 heteroatoms. The molecule has 1 N–H and O–H groups in total. The fourth-order valence-electron chi connectivity index (χ4n) is 5.08.